The maximum Gasteiger partial charge on any atom is 0.239 e. The fourth-order valence-corrected chi connectivity index (χ4v) is 2.25. The lowest BCUT2D eigenvalue weighted by Gasteiger charge is -2.28. The number of piperidine rings is 1. The molecule has 5 heteroatoms. The molecule has 1 fully saturated rings. The van der Waals surface area contributed by atoms with Gasteiger partial charge in [0, 0.05) is 19.1 Å². The minimum Gasteiger partial charge on any atom is -0.480 e. The smallest absolute Gasteiger partial charge is 0.239 e. The number of anilines is 1. The maximum atomic E-state index is 5.98. The van der Waals surface area contributed by atoms with Crippen LogP contribution in [-0.2, 0) is 0 Å². The summed E-state index contributed by atoms with van der Waals surface area (Å²) in [7, 11) is 1.63. The van der Waals surface area contributed by atoms with E-state index in [4.69, 9.17) is 10.5 Å². The summed E-state index contributed by atoms with van der Waals surface area (Å²) in [6.45, 7) is 4.11. The molecule has 1 aromatic rings. The van der Waals surface area contributed by atoms with Crippen LogP contribution < -0.4 is 15.4 Å². The molecule has 1 aliphatic rings. The van der Waals surface area contributed by atoms with Crippen molar-refractivity contribution in [2.75, 3.05) is 25.1 Å². The number of ether oxygens (including phenoxy) is 1. The van der Waals surface area contributed by atoms with Crippen molar-refractivity contribution in [1.29, 1.82) is 0 Å². The molecule has 0 spiro atoms. The Balaban J connectivity index is 2.28. The van der Waals surface area contributed by atoms with Crippen LogP contribution in [0.4, 0.5) is 5.82 Å². The number of rotatable bonds is 3. The summed E-state index contributed by atoms with van der Waals surface area (Å²) in [5.74, 6) is 1.65. The maximum absolute atomic E-state index is 5.98. The number of hydrogen-bond acceptors (Lipinski definition) is 4. The van der Waals surface area contributed by atoms with Gasteiger partial charge in [0.25, 0.3) is 0 Å². The molecule has 16 heavy (non-hydrogen) atoms. The van der Waals surface area contributed by atoms with Gasteiger partial charge in [-0.05, 0) is 26.2 Å². The summed E-state index contributed by atoms with van der Waals surface area (Å²) in [5.41, 5.74) is 6.97. The Morgan fingerprint density at radius 3 is 2.62 bits per heavy atom. The van der Waals surface area contributed by atoms with Crippen LogP contribution in [0.2, 0.25) is 0 Å². The number of hydrogen-bond donors (Lipinski definition) is 2. The normalized spacial score (nSPS) is 18.6. The second kappa shape index (κ2) is 4.74. The van der Waals surface area contributed by atoms with Crippen LogP contribution in [0.15, 0.2) is 0 Å². The van der Waals surface area contributed by atoms with E-state index >= 15 is 0 Å². The van der Waals surface area contributed by atoms with E-state index < -0.39 is 0 Å². The molecule has 90 valence electrons. The molecule has 2 heterocycles. The largest absolute Gasteiger partial charge is 0.480 e. The van der Waals surface area contributed by atoms with Gasteiger partial charge in [-0.2, -0.15) is 0 Å². The number of nitrogens with one attached hydrogen (secondary N) is 1. The first-order chi connectivity index (χ1) is 7.74. The third-order valence-electron chi connectivity index (χ3n) is 3.07. The molecule has 1 saturated heterocycles. The van der Waals surface area contributed by atoms with E-state index in [-0.39, 0.29) is 6.04 Å². The molecule has 0 saturated carbocycles. The molecule has 0 amide bonds. The lowest BCUT2D eigenvalue weighted by Crippen LogP contribution is -2.31. The van der Waals surface area contributed by atoms with Crippen LogP contribution in [0.3, 0.4) is 0 Å². The highest BCUT2D eigenvalue weighted by molar-refractivity contribution is 5.53. The third kappa shape index (κ3) is 2.00. The van der Waals surface area contributed by atoms with Crippen LogP contribution >= 0.6 is 0 Å². The topological polar surface area (TPSA) is 67.2 Å². The van der Waals surface area contributed by atoms with Crippen LogP contribution in [0, 0.1) is 0 Å². The van der Waals surface area contributed by atoms with Crippen LogP contribution in [0.25, 0.3) is 0 Å². The molecule has 1 aliphatic heterocycles. The first-order valence-corrected chi connectivity index (χ1v) is 5.87. The molecule has 2 rings (SSSR count). The summed E-state index contributed by atoms with van der Waals surface area (Å²) < 4.78 is 5.23. The summed E-state index contributed by atoms with van der Waals surface area (Å²) in [5, 5.41) is 7.21. The first-order valence-electron chi connectivity index (χ1n) is 5.87. The van der Waals surface area contributed by atoms with E-state index in [9.17, 15) is 0 Å². The van der Waals surface area contributed by atoms with Gasteiger partial charge in [0.05, 0.1) is 12.7 Å². The monoisotopic (exact) mass is 224 g/mol. The first kappa shape index (κ1) is 11.3. The molecule has 3 N–H and O–H groups in total. The van der Waals surface area contributed by atoms with Crippen molar-refractivity contribution in [1.82, 2.24) is 10.2 Å². The van der Waals surface area contributed by atoms with Crippen molar-refractivity contribution in [3.05, 3.63) is 5.56 Å². The Labute approximate surface area is 96.0 Å². The van der Waals surface area contributed by atoms with Crippen molar-refractivity contribution in [2.24, 2.45) is 5.73 Å². The second-order valence-electron chi connectivity index (χ2n) is 4.33. The summed E-state index contributed by atoms with van der Waals surface area (Å²) >= 11 is 0. The standard InChI is InChI=1S/C11H20N4O/c1-8(12)9-10(13-14-11(9)16-2)15-6-4-3-5-7-15/h8H,3-7,12H2,1-2H3,(H,13,14). The van der Waals surface area contributed by atoms with E-state index in [1.54, 1.807) is 7.11 Å². The summed E-state index contributed by atoms with van der Waals surface area (Å²) in [4.78, 5) is 2.32. The number of nitrogens with two attached hydrogens (primary N) is 1. The minimum atomic E-state index is -0.0642. The van der Waals surface area contributed by atoms with E-state index in [1.807, 2.05) is 6.92 Å². The molecule has 0 bridgehead atoms. The van der Waals surface area contributed by atoms with Crippen molar-refractivity contribution < 1.29 is 4.74 Å². The predicted octanol–water partition coefficient (Wildman–Crippen LogP) is 1.43. The van der Waals surface area contributed by atoms with E-state index in [1.165, 1.54) is 19.3 Å². The molecular formula is C11H20N4O. The predicted molar refractivity (Wildman–Crippen MR) is 63.8 cm³/mol. The Kier molecular flexibility index (Phi) is 3.33. The lowest BCUT2D eigenvalue weighted by atomic mass is 10.1. The van der Waals surface area contributed by atoms with E-state index in [0.29, 0.717) is 5.88 Å². The molecule has 0 aromatic carbocycles. The molecule has 1 aromatic heterocycles. The highest BCUT2D eigenvalue weighted by atomic mass is 16.5. The van der Waals surface area contributed by atoms with Crippen molar-refractivity contribution in [3.8, 4) is 5.88 Å². The number of aromatic nitrogens is 2. The van der Waals surface area contributed by atoms with Crippen molar-refractivity contribution in [2.45, 2.75) is 32.2 Å². The Hall–Kier alpha value is -1.23. The quantitative estimate of drug-likeness (QED) is 0.815. The zero-order chi connectivity index (χ0) is 11.5. The Bertz CT molecular complexity index is 342. The van der Waals surface area contributed by atoms with Gasteiger partial charge in [0.1, 0.15) is 5.82 Å². The molecule has 0 radical (unpaired) electrons. The van der Waals surface area contributed by atoms with Gasteiger partial charge >= 0.3 is 0 Å². The molecule has 1 atom stereocenters. The van der Waals surface area contributed by atoms with Crippen LogP contribution in [0.5, 0.6) is 5.88 Å². The Morgan fingerprint density at radius 1 is 1.38 bits per heavy atom. The van der Waals surface area contributed by atoms with Crippen molar-refractivity contribution >= 4 is 5.82 Å². The molecular weight excluding hydrogens is 204 g/mol. The van der Waals surface area contributed by atoms with Crippen LogP contribution in [0.1, 0.15) is 37.8 Å². The van der Waals surface area contributed by atoms with Gasteiger partial charge in [-0.15, -0.1) is 5.10 Å². The average molecular weight is 224 g/mol. The van der Waals surface area contributed by atoms with Crippen LogP contribution in [-0.4, -0.2) is 30.4 Å². The van der Waals surface area contributed by atoms with Gasteiger partial charge in [-0.1, -0.05) is 0 Å². The Morgan fingerprint density at radius 2 is 2.06 bits per heavy atom. The third-order valence-corrected chi connectivity index (χ3v) is 3.07. The average Bonchev–Trinajstić information content (AvgIpc) is 2.73. The minimum absolute atomic E-state index is 0.0642. The number of aromatic amines is 1. The second-order valence-corrected chi connectivity index (χ2v) is 4.33. The number of nitrogens with zero attached hydrogens (tertiary/aromatic N) is 2. The van der Waals surface area contributed by atoms with E-state index in [2.05, 4.69) is 15.1 Å². The highest BCUT2D eigenvalue weighted by Crippen LogP contribution is 2.32. The summed E-state index contributed by atoms with van der Waals surface area (Å²) in [6, 6.07) is -0.0642. The van der Waals surface area contributed by atoms with Gasteiger partial charge in [0.15, 0.2) is 0 Å². The van der Waals surface area contributed by atoms with Gasteiger partial charge < -0.3 is 15.4 Å². The zero-order valence-electron chi connectivity index (χ0n) is 9.99. The van der Waals surface area contributed by atoms with Gasteiger partial charge in [0.2, 0.25) is 5.88 Å². The van der Waals surface area contributed by atoms with Crippen molar-refractivity contribution in [3.63, 3.8) is 0 Å². The van der Waals surface area contributed by atoms with Gasteiger partial charge in [-0.25, -0.2) is 0 Å². The van der Waals surface area contributed by atoms with Gasteiger partial charge in [-0.3, -0.25) is 5.10 Å². The SMILES string of the molecule is COc1n[nH]c(N2CCCCC2)c1C(C)N. The fraction of sp³-hybridized carbons (Fsp3) is 0.727. The number of H-pyrrole nitrogens is 1. The fourth-order valence-electron chi connectivity index (χ4n) is 2.25. The molecule has 5 nitrogen and oxygen atoms in total. The highest BCUT2D eigenvalue weighted by Gasteiger charge is 2.22. The molecule has 1 unspecified atom stereocenters. The molecule has 0 aliphatic carbocycles. The number of methoxy groups -OCH3 is 1. The van der Waals surface area contributed by atoms with E-state index in [0.717, 1.165) is 24.5 Å². The lowest BCUT2D eigenvalue weighted by molar-refractivity contribution is 0.390. The zero-order valence-corrected chi connectivity index (χ0v) is 9.99. The summed E-state index contributed by atoms with van der Waals surface area (Å²) in [6.07, 6.45) is 3.79.